The second-order valence-electron chi connectivity index (χ2n) is 6.99. The van der Waals surface area contributed by atoms with Gasteiger partial charge in [0.25, 0.3) is 0 Å². The van der Waals surface area contributed by atoms with Gasteiger partial charge in [0.05, 0.1) is 17.9 Å². The van der Waals surface area contributed by atoms with Crippen molar-refractivity contribution in [2.75, 3.05) is 50.2 Å². The molecule has 0 spiro atoms. The lowest BCUT2D eigenvalue weighted by Crippen LogP contribution is -2.42. The molecular formula is C19H28N4O2. The van der Waals surface area contributed by atoms with Crippen LogP contribution >= 0.6 is 0 Å². The lowest BCUT2D eigenvalue weighted by molar-refractivity contribution is 0.0889. The van der Waals surface area contributed by atoms with Crippen LogP contribution in [0.25, 0.3) is 0 Å². The highest BCUT2D eigenvalue weighted by Gasteiger charge is 2.27. The monoisotopic (exact) mass is 344 g/mol. The first-order chi connectivity index (χ1) is 12.2. The number of aryl methyl sites for hydroxylation is 1. The standard InChI is InChI=1S/C19H28N4O2/c1-14-10-18(22-8-4-6-15(12-22)24-2)17(11-20)19(21-14)23-9-5-7-16(13-23)25-3/h10,15-16H,4-9,12-13H2,1-3H3. The minimum atomic E-state index is 0.207. The van der Waals surface area contributed by atoms with Crippen LogP contribution in [0.4, 0.5) is 11.5 Å². The zero-order valence-electron chi connectivity index (χ0n) is 15.5. The second-order valence-corrected chi connectivity index (χ2v) is 6.99. The first kappa shape index (κ1) is 18.0. The van der Waals surface area contributed by atoms with Gasteiger partial charge in [-0.05, 0) is 38.7 Å². The highest BCUT2D eigenvalue weighted by atomic mass is 16.5. The van der Waals surface area contributed by atoms with Crippen LogP contribution < -0.4 is 9.80 Å². The summed E-state index contributed by atoms with van der Waals surface area (Å²) in [5, 5.41) is 9.89. The quantitative estimate of drug-likeness (QED) is 0.836. The van der Waals surface area contributed by atoms with Crippen molar-refractivity contribution in [3.05, 3.63) is 17.3 Å². The van der Waals surface area contributed by atoms with Crippen molar-refractivity contribution in [2.45, 2.75) is 44.8 Å². The largest absolute Gasteiger partial charge is 0.380 e. The Hall–Kier alpha value is -1.84. The van der Waals surface area contributed by atoms with E-state index in [-0.39, 0.29) is 12.2 Å². The van der Waals surface area contributed by atoms with Crippen LogP contribution in [0, 0.1) is 18.3 Å². The van der Waals surface area contributed by atoms with Crippen LogP contribution in [0.3, 0.4) is 0 Å². The molecule has 136 valence electrons. The van der Waals surface area contributed by atoms with E-state index in [4.69, 9.17) is 14.5 Å². The summed E-state index contributed by atoms with van der Waals surface area (Å²) in [6, 6.07) is 4.46. The molecule has 3 heterocycles. The third-order valence-electron chi connectivity index (χ3n) is 5.28. The first-order valence-corrected chi connectivity index (χ1v) is 9.13. The third kappa shape index (κ3) is 3.88. The van der Waals surface area contributed by atoms with Gasteiger partial charge in [0, 0.05) is 46.1 Å². The number of hydrogen-bond donors (Lipinski definition) is 0. The minimum absolute atomic E-state index is 0.207. The van der Waals surface area contributed by atoms with Crippen molar-refractivity contribution < 1.29 is 9.47 Å². The van der Waals surface area contributed by atoms with E-state index in [2.05, 4.69) is 15.9 Å². The lowest BCUT2D eigenvalue weighted by Gasteiger charge is -2.37. The zero-order valence-corrected chi connectivity index (χ0v) is 15.5. The molecule has 0 aromatic carbocycles. The Kier molecular flexibility index (Phi) is 5.77. The molecule has 0 N–H and O–H groups in total. The average molecular weight is 344 g/mol. The topological polar surface area (TPSA) is 61.6 Å². The van der Waals surface area contributed by atoms with Gasteiger partial charge in [-0.3, -0.25) is 0 Å². The van der Waals surface area contributed by atoms with Crippen LogP contribution in [-0.2, 0) is 9.47 Å². The second kappa shape index (κ2) is 8.03. The maximum absolute atomic E-state index is 9.89. The molecule has 1 aromatic heterocycles. The summed E-state index contributed by atoms with van der Waals surface area (Å²) < 4.78 is 11.1. The minimum Gasteiger partial charge on any atom is -0.380 e. The SMILES string of the molecule is COC1CCCN(c2cc(C)nc(N3CCCC(OC)C3)c2C#N)C1. The van der Waals surface area contributed by atoms with E-state index in [0.717, 1.165) is 69.1 Å². The molecule has 2 aliphatic heterocycles. The lowest BCUT2D eigenvalue weighted by atomic mass is 10.0. The van der Waals surface area contributed by atoms with Crippen molar-refractivity contribution in [3.8, 4) is 6.07 Å². The molecule has 25 heavy (non-hydrogen) atoms. The van der Waals surface area contributed by atoms with Gasteiger partial charge in [0.15, 0.2) is 0 Å². The molecule has 6 nitrogen and oxygen atoms in total. The van der Waals surface area contributed by atoms with Gasteiger partial charge < -0.3 is 19.3 Å². The highest BCUT2D eigenvalue weighted by Crippen LogP contribution is 2.32. The maximum Gasteiger partial charge on any atom is 0.149 e. The van der Waals surface area contributed by atoms with Crippen molar-refractivity contribution in [3.63, 3.8) is 0 Å². The molecule has 0 amide bonds. The molecule has 2 atom stereocenters. The number of nitriles is 1. The van der Waals surface area contributed by atoms with Gasteiger partial charge in [-0.15, -0.1) is 0 Å². The molecule has 2 saturated heterocycles. The molecule has 0 saturated carbocycles. The van der Waals surface area contributed by atoms with E-state index in [1.165, 1.54) is 0 Å². The van der Waals surface area contributed by atoms with Crippen molar-refractivity contribution in [1.82, 2.24) is 4.98 Å². The Morgan fingerprint density at radius 2 is 1.68 bits per heavy atom. The first-order valence-electron chi connectivity index (χ1n) is 9.13. The summed E-state index contributed by atoms with van der Waals surface area (Å²) in [5.74, 6) is 0.804. The van der Waals surface area contributed by atoms with Gasteiger partial charge in [-0.2, -0.15) is 5.26 Å². The molecule has 1 aromatic rings. The van der Waals surface area contributed by atoms with Gasteiger partial charge >= 0.3 is 0 Å². The summed E-state index contributed by atoms with van der Waals surface area (Å²) in [4.78, 5) is 9.22. The van der Waals surface area contributed by atoms with E-state index in [9.17, 15) is 5.26 Å². The summed E-state index contributed by atoms with van der Waals surface area (Å²) in [7, 11) is 3.52. The predicted molar refractivity (Wildman–Crippen MR) is 98.2 cm³/mol. The number of nitrogens with zero attached hydrogens (tertiary/aromatic N) is 4. The van der Waals surface area contributed by atoms with Crippen molar-refractivity contribution in [1.29, 1.82) is 5.26 Å². The molecule has 6 heteroatoms. The number of hydrogen-bond acceptors (Lipinski definition) is 6. The van der Waals surface area contributed by atoms with Crippen LogP contribution in [-0.4, -0.2) is 57.6 Å². The Morgan fingerprint density at radius 3 is 2.28 bits per heavy atom. The Bertz CT molecular complexity index is 598. The molecular weight excluding hydrogens is 316 g/mol. The van der Waals surface area contributed by atoms with Crippen LogP contribution in [0.2, 0.25) is 0 Å². The van der Waals surface area contributed by atoms with Crippen LogP contribution in [0.1, 0.15) is 36.9 Å². The average Bonchev–Trinajstić information content (AvgIpc) is 2.67. The number of ether oxygens (including phenoxy) is 2. The zero-order chi connectivity index (χ0) is 17.8. The maximum atomic E-state index is 9.89. The fourth-order valence-electron chi connectivity index (χ4n) is 3.90. The summed E-state index contributed by atoms with van der Waals surface area (Å²) >= 11 is 0. The Morgan fingerprint density at radius 1 is 1.08 bits per heavy atom. The van der Waals surface area contributed by atoms with Gasteiger partial charge in [-0.1, -0.05) is 0 Å². The van der Waals surface area contributed by atoms with E-state index < -0.39 is 0 Å². The summed E-state index contributed by atoms with van der Waals surface area (Å²) in [6.07, 6.45) is 4.71. The van der Waals surface area contributed by atoms with Crippen LogP contribution in [0.15, 0.2) is 6.07 Å². The third-order valence-corrected chi connectivity index (χ3v) is 5.28. The summed E-state index contributed by atoms with van der Waals surface area (Å²) in [5.41, 5.74) is 2.62. The number of methoxy groups -OCH3 is 2. The predicted octanol–water partition coefficient (Wildman–Crippen LogP) is 2.49. The number of anilines is 2. The Labute approximate surface area is 150 Å². The van der Waals surface area contributed by atoms with Crippen LogP contribution in [0.5, 0.6) is 0 Å². The van der Waals surface area contributed by atoms with Gasteiger partial charge in [-0.25, -0.2) is 4.98 Å². The van der Waals surface area contributed by atoms with Crippen molar-refractivity contribution in [2.24, 2.45) is 0 Å². The van der Waals surface area contributed by atoms with Crippen molar-refractivity contribution >= 4 is 11.5 Å². The molecule has 3 rings (SSSR count). The molecule has 2 unspecified atom stereocenters. The fourth-order valence-corrected chi connectivity index (χ4v) is 3.90. The molecule has 2 fully saturated rings. The van der Waals surface area contributed by atoms with Gasteiger partial charge in [0.2, 0.25) is 0 Å². The van der Waals surface area contributed by atoms with E-state index >= 15 is 0 Å². The number of aromatic nitrogens is 1. The fraction of sp³-hybridized carbons (Fsp3) is 0.684. The smallest absolute Gasteiger partial charge is 0.149 e. The van der Waals surface area contributed by atoms with E-state index in [1.807, 2.05) is 13.0 Å². The molecule has 2 aliphatic rings. The molecule has 0 aliphatic carbocycles. The number of rotatable bonds is 4. The normalized spacial score (nSPS) is 24.2. The number of pyridine rings is 1. The van der Waals surface area contributed by atoms with E-state index in [1.54, 1.807) is 14.2 Å². The van der Waals surface area contributed by atoms with E-state index in [0.29, 0.717) is 5.56 Å². The van der Waals surface area contributed by atoms with Gasteiger partial charge in [0.1, 0.15) is 17.5 Å². The molecule has 0 radical (unpaired) electrons. The highest BCUT2D eigenvalue weighted by molar-refractivity contribution is 5.71. The number of piperidine rings is 2. The summed E-state index contributed by atoms with van der Waals surface area (Å²) in [6.45, 7) is 5.50. The molecule has 0 bridgehead atoms. The Balaban J connectivity index is 1.94.